The molecule has 0 unspecified atom stereocenters. The number of nitrogens with zero attached hydrogens (tertiary/aromatic N) is 2. The van der Waals surface area contributed by atoms with Gasteiger partial charge < -0.3 is 29.0 Å². The largest absolute Gasteiger partial charge is 0.493 e. The number of methoxy groups -OCH3 is 3. The van der Waals surface area contributed by atoms with Gasteiger partial charge in [0.05, 0.1) is 26.9 Å². The maximum atomic E-state index is 13.7. The molecule has 4 aliphatic heterocycles. The Morgan fingerprint density at radius 1 is 0.731 bits per heavy atom. The van der Waals surface area contributed by atoms with Gasteiger partial charge in [0.15, 0.2) is 23.0 Å². The number of carbonyl (C=O) groups is 1. The van der Waals surface area contributed by atoms with Gasteiger partial charge in [0.25, 0.3) is 5.91 Å². The molecule has 0 saturated heterocycles. The molecule has 1 N–H and O–H groups in total. The van der Waals surface area contributed by atoms with Crippen LogP contribution < -0.4 is 29.0 Å². The van der Waals surface area contributed by atoms with Crippen molar-refractivity contribution in [3.63, 3.8) is 0 Å². The number of benzene rings is 4. The second-order valence-electron chi connectivity index (χ2n) is 14.8. The lowest BCUT2D eigenvalue weighted by Gasteiger charge is -2.37. The maximum absolute atomic E-state index is 13.7. The molecular weight excluding hydrogens is 654 g/mol. The molecule has 4 heterocycles. The number of ether oxygens (including phenoxy) is 5. The predicted octanol–water partition coefficient (Wildman–Crippen LogP) is 7.83. The van der Waals surface area contributed by atoms with Crippen LogP contribution in [0.3, 0.4) is 0 Å². The van der Waals surface area contributed by atoms with E-state index in [-0.39, 0.29) is 24.0 Å². The van der Waals surface area contributed by atoms with E-state index in [0.29, 0.717) is 52.2 Å². The fourth-order valence-electron chi connectivity index (χ4n) is 8.65. The fourth-order valence-corrected chi connectivity index (χ4v) is 8.65. The molecule has 4 aromatic rings. The molecule has 1 aliphatic carbocycles. The summed E-state index contributed by atoms with van der Waals surface area (Å²) in [4.78, 5) is 18.5. The number of fused-ring (bicyclic) bond motifs is 2. The Morgan fingerprint density at radius 2 is 1.40 bits per heavy atom. The normalized spacial score (nSPS) is 20.2. The van der Waals surface area contributed by atoms with E-state index in [0.717, 1.165) is 74.7 Å². The van der Waals surface area contributed by atoms with Gasteiger partial charge in [-0.25, -0.2) is 0 Å². The number of amides is 1. The molecule has 1 amide bonds. The molecule has 0 spiro atoms. The van der Waals surface area contributed by atoms with Crippen LogP contribution in [0.25, 0.3) is 0 Å². The molecule has 5 aliphatic rings. The maximum Gasteiger partial charge on any atom is 0.255 e. The quantitative estimate of drug-likeness (QED) is 0.225. The van der Waals surface area contributed by atoms with Crippen molar-refractivity contribution in [1.29, 1.82) is 0 Å². The van der Waals surface area contributed by atoms with Gasteiger partial charge in [-0.3, -0.25) is 14.6 Å². The minimum absolute atomic E-state index is 0.0646. The number of carbonyl (C=O) groups excluding carboxylic acids is 1. The minimum Gasteiger partial charge on any atom is -0.493 e. The van der Waals surface area contributed by atoms with Gasteiger partial charge in [0, 0.05) is 36.8 Å². The summed E-state index contributed by atoms with van der Waals surface area (Å²) in [6.07, 6.45) is 7.54. The van der Waals surface area contributed by atoms with E-state index >= 15 is 0 Å². The van der Waals surface area contributed by atoms with Crippen molar-refractivity contribution in [2.45, 2.75) is 69.5 Å². The van der Waals surface area contributed by atoms with Gasteiger partial charge in [-0.2, -0.15) is 0 Å². The molecular formula is C43H49N3O6. The first kappa shape index (κ1) is 34.4. The molecule has 6 bridgehead atoms. The summed E-state index contributed by atoms with van der Waals surface area (Å²) in [6.45, 7) is 1.80. The number of likely N-dealkylation sites (N-methyl/N-ethyl adjacent to an activating group) is 2. The average Bonchev–Trinajstić information content (AvgIpc) is 3.67. The van der Waals surface area contributed by atoms with Gasteiger partial charge >= 0.3 is 0 Å². The summed E-state index contributed by atoms with van der Waals surface area (Å²) in [7, 11) is 9.38. The summed E-state index contributed by atoms with van der Waals surface area (Å²) in [6, 6.07) is 21.0. The van der Waals surface area contributed by atoms with Crippen molar-refractivity contribution in [3.8, 4) is 40.2 Å². The molecule has 9 heteroatoms. The topological polar surface area (TPSA) is 81.7 Å². The van der Waals surface area contributed by atoms with Crippen LogP contribution in [0.5, 0.6) is 40.2 Å². The molecule has 2 atom stereocenters. The van der Waals surface area contributed by atoms with Crippen molar-refractivity contribution in [3.05, 3.63) is 99.6 Å². The predicted molar refractivity (Wildman–Crippen MR) is 201 cm³/mol. The smallest absolute Gasteiger partial charge is 0.255 e. The highest BCUT2D eigenvalue weighted by Gasteiger charge is 2.35. The highest BCUT2D eigenvalue weighted by atomic mass is 16.5. The van der Waals surface area contributed by atoms with Crippen molar-refractivity contribution in [2.75, 3.05) is 48.5 Å². The third-order valence-electron chi connectivity index (χ3n) is 11.6. The van der Waals surface area contributed by atoms with E-state index in [1.165, 1.54) is 16.7 Å². The second kappa shape index (κ2) is 14.4. The monoisotopic (exact) mass is 703 g/mol. The molecule has 0 radical (unpaired) electrons. The van der Waals surface area contributed by atoms with Crippen LogP contribution in [0, 0.1) is 0 Å². The van der Waals surface area contributed by atoms with Crippen molar-refractivity contribution < 1.29 is 28.5 Å². The third kappa shape index (κ3) is 6.45. The molecule has 4 aromatic carbocycles. The van der Waals surface area contributed by atoms with Gasteiger partial charge in [-0.15, -0.1) is 0 Å². The molecule has 272 valence electrons. The lowest BCUT2D eigenvalue weighted by molar-refractivity contribution is 0.0935. The molecule has 9 nitrogen and oxygen atoms in total. The highest BCUT2D eigenvalue weighted by Crippen LogP contribution is 2.52. The standard InChI is InChI=1S/C43H49N3O6/c1-45-18-16-28-23-37(48-3)38-25-33(28)34(45)20-26-10-13-31(14-11-26)51-36-22-27(12-15-32(36)43(47)44-30-8-6-7-9-30)21-35-40-29(17-19-46(35)2)24-39(49-4)41(50-5)42(40)52-38/h10-15,22-25,30,34-35H,6-9,16-21H2,1-5H3,(H,44,47)/t34-,35+/m0/s1. The van der Waals surface area contributed by atoms with Gasteiger partial charge in [0.2, 0.25) is 5.75 Å². The molecule has 9 rings (SSSR count). The fraction of sp³-hybridized carbons (Fsp3) is 0.419. The number of hydrogen-bond acceptors (Lipinski definition) is 8. The van der Waals surface area contributed by atoms with Crippen LogP contribution in [0.1, 0.15) is 81.5 Å². The van der Waals surface area contributed by atoms with Crippen molar-refractivity contribution >= 4 is 5.91 Å². The summed E-state index contributed by atoms with van der Waals surface area (Å²) < 4.78 is 31.7. The molecule has 52 heavy (non-hydrogen) atoms. The van der Waals surface area contributed by atoms with Crippen molar-refractivity contribution in [2.24, 2.45) is 0 Å². The van der Waals surface area contributed by atoms with E-state index < -0.39 is 0 Å². The Hall–Kier alpha value is -4.73. The Bertz CT molecular complexity index is 1970. The number of nitrogens with one attached hydrogen (secondary N) is 1. The minimum atomic E-state index is -0.0916. The summed E-state index contributed by atoms with van der Waals surface area (Å²) >= 11 is 0. The summed E-state index contributed by atoms with van der Waals surface area (Å²) in [5.74, 6) is 4.31. The zero-order valence-electron chi connectivity index (χ0n) is 30.9. The summed E-state index contributed by atoms with van der Waals surface area (Å²) in [5, 5.41) is 3.27. The first-order chi connectivity index (χ1) is 25.3. The van der Waals surface area contributed by atoms with E-state index in [1.807, 2.05) is 24.3 Å². The first-order valence-corrected chi connectivity index (χ1v) is 18.6. The second-order valence-corrected chi connectivity index (χ2v) is 14.8. The van der Waals surface area contributed by atoms with Crippen LogP contribution in [0.15, 0.2) is 60.7 Å². The van der Waals surface area contributed by atoms with E-state index in [9.17, 15) is 4.79 Å². The van der Waals surface area contributed by atoms with E-state index in [2.05, 4.69) is 65.6 Å². The molecule has 1 fully saturated rings. The number of hydrogen-bond donors (Lipinski definition) is 1. The van der Waals surface area contributed by atoms with Crippen LogP contribution in [0.4, 0.5) is 0 Å². The number of rotatable bonds is 5. The Labute approximate surface area is 306 Å². The van der Waals surface area contributed by atoms with Gasteiger partial charge in [-0.1, -0.05) is 31.0 Å². The zero-order chi connectivity index (χ0) is 35.9. The van der Waals surface area contributed by atoms with E-state index in [1.54, 1.807) is 21.3 Å². The van der Waals surface area contributed by atoms with Crippen LogP contribution in [-0.4, -0.2) is 70.3 Å². The van der Waals surface area contributed by atoms with Gasteiger partial charge in [-0.05, 0) is 123 Å². The lowest BCUT2D eigenvalue weighted by Crippen LogP contribution is -2.34. The SMILES string of the molecule is COc1cc2c3cc1Oc1c(OC)c(OC)cc4c1[C@@H](Cc1ccc(C(=O)NC5CCCC5)c(c1)Oc1ccc(cc1)C[C@@H]3N(C)CC2)N(C)CC4. The van der Waals surface area contributed by atoms with Crippen LogP contribution in [-0.2, 0) is 25.7 Å². The zero-order valence-corrected chi connectivity index (χ0v) is 30.9. The Kier molecular flexibility index (Phi) is 9.49. The molecule has 0 aromatic heterocycles. The van der Waals surface area contributed by atoms with E-state index in [4.69, 9.17) is 23.7 Å². The highest BCUT2D eigenvalue weighted by molar-refractivity contribution is 5.97. The van der Waals surface area contributed by atoms with Crippen molar-refractivity contribution in [1.82, 2.24) is 15.1 Å². The van der Waals surface area contributed by atoms with Crippen LogP contribution >= 0.6 is 0 Å². The van der Waals surface area contributed by atoms with Gasteiger partial charge in [0.1, 0.15) is 11.5 Å². The lowest BCUT2D eigenvalue weighted by atomic mass is 9.87. The Balaban J connectivity index is 1.31. The van der Waals surface area contributed by atoms with Crippen LogP contribution in [0.2, 0.25) is 0 Å². The molecule has 1 saturated carbocycles. The average molecular weight is 704 g/mol. The Morgan fingerprint density at radius 3 is 2.13 bits per heavy atom. The summed E-state index contributed by atoms with van der Waals surface area (Å²) in [5.41, 5.74) is 7.49. The first-order valence-electron chi connectivity index (χ1n) is 18.6. The third-order valence-corrected chi connectivity index (χ3v) is 11.6.